The lowest BCUT2D eigenvalue weighted by Crippen LogP contribution is -2.45. The van der Waals surface area contributed by atoms with Gasteiger partial charge in [-0.15, -0.1) is 0 Å². The van der Waals surface area contributed by atoms with Crippen molar-refractivity contribution >= 4 is 17.3 Å². The van der Waals surface area contributed by atoms with Crippen molar-refractivity contribution in [3.05, 3.63) is 24.0 Å². The number of nitrogen functional groups attached to an aromatic ring is 1. The van der Waals surface area contributed by atoms with Crippen LogP contribution in [-0.4, -0.2) is 43.7 Å². The fourth-order valence-electron chi connectivity index (χ4n) is 1.79. The molecule has 3 N–H and O–H groups in total. The average molecular weight is 283 g/mol. The molecule has 112 valence electrons. The molecule has 1 amide bonds. The second-order valence-corrected chi connectivity index (χ2v) is 4.87. The van der Waals surface area contributed by atoms with Crippen molar-refractivity contribution in [1.82, 2.24) is 4.90 Å². The monoisotopic (exact) mass is 283 g/mol. The van der Waals surface area contributed by atoms with Gasteiger partial charge in [-0.05, 0) is 39.1 Å². The summed E-state index contributed by atoms with van der Waals surface area (Å²) in [6.07, 6.45) is 0. The largest absolute Gasteiger partial charge is 0.396 e. The molecule has 0 heterocycles. The summed E-state index contributed by atoms with van der Waals surface area (Å²) in [4.78, 5) is 14.0. The molecule has 1 aromatic rings. The van der Waals surface area contributed by atoms with Crippen molar-refractivity contribution in [3.8, 4) is 0 Å². The van der Waals surface area contributed by atoms with Gasteiger partial charge in [0.25, 0.3) is 0 Å². The molecule has 0 radical (unpaired) electrons. The summed E-state index contributed by atoms with van der Waals surface area (Å²) in [7, 11) is 3.48. The molecule has 20 heavy (non-hydrogen) atoms. The predicted octanol–water partition coefficient (Wildman–Crippen LogP) is 1.70. The van der Waals surface area contributed by atoms with Gasteiger partial charge >= 0.3 is 0 Å². The SMILES string of the molecule is COCC(C)N(C)C(C)C(=O)Nc1ccc(F)c(N)c1. The quantitative estimate of drug-likeness (QED) is 0.780. The molecule has 0 aromatic heterocycles. The van der Waals surface area contributed by atoms with Gasteiger partial charge in [0.15, 0.2) is 0 Å². The summed E-state index contributed by atoms with van der Waals surface area (Å²) in [6.45, 7) is 4.31. The minimum Gasteiger partial charge on any atom is -0.396 e. The lowest BCUT2D eigenvalue weighted by atomic mass is 10.2. The number of nitrogens with two attached hydrogens (primary N) is 1. The van der Waals surface area contributed by atoms with Crippen LogP contribution in [0.15, 0.2) is 18.2 Å². The summed E-state index contributed by atoms with van der Waals surface area (Å²) in [5, 5.41) is 2.72. The van der Waals surface area contributed by atoms with Crippen LogP contribution in [0, 0.1) is 5.82 Å². The zero-order valence-electron chi connectivity index (χ0n) is 12.3. The Kier molecular flexibility index (Phi) is 5.91. The fourth-order valence-corrected chi connectivity index (χ4v) is 1.79. The summed E-state index contributed by atoms with van der Waals surface area (Å²) in [5.41, 5.74) is 5.96. The highest BCUT2D eigenvalue weighted by Gasteiger charge is 2.22. The van der Waals surface area contributed by atoms with E-state index in [1.807, 2.05) is 18.9 Å². The van der Waals surface area contributed by atoms with Crippen LogP contribution in [-0.2, 0) is 9.53 Å². The smallest absolute Gasteiger partial charge is 0.241 e. The van der Waals surface area contributed by atoms with E-state index in [0.29, 0.717) is 12.3 Å². The number of ether oxygens (including phenoxy) is 1. The Balaban J connectivity index is 2.67. The second kappa shape index (κ2) is 7.21. The highest BCUT2D eigenvalue weighted by molar-refractivity contribution is 5.94. The number of carbonyl (C=O) groups excluding carboxylic acids is 1. The van der Waals surface area contributed by atoms with Crippen molar-refractivity contribution in [1.29, 1.82) is 0 Å². The molecule has 0 spiro atoms. The summed E-state index contributed by atoms with van der Waals surface area (Å²) in [6, 6.07) is 3.88. The molecule has 0 aliphatic rings. The van der Waals surface area contributed by atoms with E-state index in [9.17, 15) is 9.18 Å². The number of anilines is 2. The third kappa shape index (κ3) is 4.18. The van der Waals surface area contributed by atoms with E-state index in [-0.39, 0.29) is 23.7 Å². The molecule has 6 heteroatoms. The van der Waals surface area contributed by atoms with E-state index in [0.717, 1.165) is 0 Å². The minimum atomic E-state index is -0.498. The number of rotatable bonds is 6. The lowest BCUT2D eigenvalue weighted by Gasteiger charge is -2.29. The van der Waals surface area contributed by atoms with Crippen LogP contribution >= 0.6 is 0 Å². The van der Waals surface area contributed by atoms with E-state index in [4.69, 9.17) is 10.5 Å². The first-order valence-electron chi connectivity index (χ1n) is 6.43. The van der Waals surface area contributed by atoms with E-state index in [1.54, 1.807) is 14.0 Å². The van der Waals surface area contributed by atoms with Crippen LogP contribution in [0.2, 0.25) is 0 Å². The maximum atomic E-state index is 13.1. The van der Waals surface area contributed by atoms with Gasteiger partial charge in [-0.2, -0.15) is 0 Å². The normalized spacial score (nSPS) is 14.1. The molecule has 0 aliphatic heterocycles. The number of halogens is 1. The van der Waals surface area contributed by atoms with E-state index >= 15 is 0 Å². The highest BCUT2D eigenvalue weighted by Crippen LogP contribution is 2.17. The van der Waals surface area contributed by atoms with Crippen molar-refractivity contribution in [3.63, 3.8) is 0 Å². The maximum Gasteiger partial charge on any atom is 0.241 e. The molecule has 0 aliphatic carbocycles. The third-order valence-corrected chi connectivity index (χ3v) is 3.36. The summed E-state index contributed by atoms with van der Waals surface area (Å²) in [5.74, 6) is -0.677. The number of hydrogen-bond acceptors (Lipinski definition) is 4. The van der Waals surface area contributed by atoms with Crippen molar-refractivity contribution in [2.75, 3.05) is 31.8 Å². The number of methoxy groups -OCH3 is 1. The van der Waals surface area contributed by atoms with Crippen LogP contribution in [0.5, 0.6) is 0 Å². The molecule has 1 rings (SSSR count). The number of carbonyl (C=O) groups is 1. The van der Waals surface area contributed by atoms with Crippen LogP contribution in [0.25, 0.3) is 0 Å². The fraction of sp³-hybridized carbons (Fsp3) is 0.500. The summed E-state index contributed by atoms with van der Waals surface area (Å²) < 4.78 is 18.1. The van der Waals surface area contributed by atoms with Gasteiger partial charge in [0, 0.05) is 18.8 Å². The van der Waals surface area contributed by atoms with Gasteiger partial charge in [-0.25, -0.2) is 4.39 Å². The predicted molar refractivity (Wildman–Crippen MR) is 78.0 cm³/mol. The molecule has 0 saturated carbocycles. The number of benzene rings is 1. The highest BCUT2D eigenvalue weighted by atomic mass is 19.1. The standard InChI is InChI=1S/C14H22FN3O2/c1-9(8-20-4)18(3)10(2)14(19)17-11-5-6-12(15)13(16)7-11/h5-7,9-10H,8,16H2,1-4H3,(H,17,19). The van der Waals surface area contributed by atoms with Crippen molar-refractivity contribution in [2.24, 2.45) is 0 Å². The Morgan fingerprint density at radius 1 is 1.50 bits per heavy atom. The maximum absolute atomic E-state index is 13.1. The van der Waals surface area contributed by atoms with Gasteiger partial charge in [-0.1, -0.05) is 0 Å². The Hall–Kier alpha value is -1.66. The number of nitrogens with zero attached hydrogens (tertiary/aromatic N) is 1. The second-order valence-electron chi connectivity index (χ2n) is 4.87. The average Bonchev–Trinajstić information content (AvgIpc) is 2.41. The lowest BCUT2D eigenvalue weighted by molar-refractivity contribution is -0.121. The molecule has 5 nitrogen and oxygen atoms in total. The van der Waals surface area contributed by atoms with Crippen molar-refractivity contribution < 1.29 is 13.9 Å². The van der Waals surface area contributed by atoms with Crippen LogP contribution < -0.4 is 11.1 Å². The first-order valence-corrected chi connectivity index (χ1v) is 6.43. The Bertz CT molecular complexity index is 468. The molecular formula is C14H22FN3O2. The molecular weight excluding hydrogens is 261 g/mol. The zero-order chi connectivity index (χ0) is 15.3. The minimum absolute atomic E-state index is 0.0107. The molecule has 0 bridgehead atoms. The molecule has 2 atom stereocenters. The topological polar surface area (TPSA) is 67.6 Å². The van der Waals surface area contributed by atoms with Gasteiger partial charge in [0.05, 0.1) is 18.3 Å². The number of likely N-dealkylation sites (N-methyl/N-ethyl adjacent to an activating group) is 1. The van der Waals surface area contributed by atoms with Crippen LogP contribution in [0.1, 0.15) is 13.8 Å². The zero-order valence-corrected chi connectivity index (χ0v) is 12.3. The first kappa shape index (κ1) is 16.4. The van der Waals surface area contributed by atoms with Crippen LogP contribution in [0.3, 0.4) is 0 Å². The molecule has 1 aromatic carbocycles. The van der Waals surface area contributed by atoms with E-state index in [1.165, 1.54) is 18.2 Å². The Morgan fingerprint density at radius 2 is 2.15 bits per heavy atom. The van der Waals surface area contributed by atoms with Gasteiger partial charge in [0.1, 0.15) is 5.82 Å². The van der Waals surface area contributed by atoms with E-state index in [2.05, 4.69) is 5.32 Å². The van der Waals surface area contributed by atoms with Gasteiger partial charge in [0.2, 0.25) is 5.91 Å². The number of amides is 1. The Morgan fingerprint density at radius 3 is 2.70 bits per heavy atom. The number of nitrogens with one attached hydrogen (secondary N) is 1. The molecule has 0 fully saturated rings. The first-order chi connectivity index (χ1) is 9.36. The Labute approximate surface area is 118 Å². The number of hydrogen-bond donors (Lipinski definition) is 2. The molecule has 0 saturated heterocycles. The van der Waals surface area contributed by atoms with Gasteiger partial charge < -0.3 is 15.8 Å². The van der Waals surface area contributed by atoms with E-state index < -0.39 is 5.82 Å². The molecule has 2 unspecified atom stereocenters. The van der Waals surface area contributed by atoms with Crippen LogP contribution in [0.4, 0.5) is 15.8 Å². The third-order valence-electron chi connectivity index (χ3n) is 3.36. The van der Waals surface area contributed by atoms with Gasteiger partial charge in [-0.3, -0.25) is 9.69 Å². The van der Waals surface area contributed by atoms with Crippen molar-refractivity contribution in [2.45, 2.75) is 25.9 Å². The summed E-state index contributed by atoms with van der Waals surface area (Å²) >= 11 is 0.